The molecule has 3 aromatic rings. The van der Waals surface area contributed by atoms with Gasteiger partial charge in [0.05, 0.1) is 12.7 Å². The van der Waals surface area contributed by atoms with Crippen molar-refractivity contribution >= 4 is 6.08 Å². The fraction of sp³-hybridized carbons (Fsp3) is 0.353. The third-order valence-electron chi connectivity index (χ3n) is 7.59. The smallest absolute Gasteiger partial charge is 0.166 e. The molecular formula is C34H37F3O2. The van der Waals surface area contributed by atoms with Crippen LogP contribution in [0.25, 0.3) is 17.2 Å². The van der Waals surface area contributed by atoms with Gasteiger partial charge in [0.15, 0.2) is 23.2 Å². The van der Waals surface area contributed by atoms with Gasteiger partial charge in [-0.05, 0) is 84.7 Å². The number of aliphatic hydroxyl groups excluding tert-OH is 1. The summed E-state index contributed by atoms with van der Waals surface area (Å²) in [5, 5.41) is 10.2. The van der Waals surface area contributed by atoms with E-state index in [0.29, 0.717) is 36.5 Å². The standard InChI is InChI=1S/C34H37F3O2/c1-3-5-21-39-32-20-11-24(22-30(32)35)8-7-23-9-12-25(13-10-23)28-18-19-29(34(37)33(28)36)26-14-16-27(17-15-26)31(38)6-4-2/h3,7-8,11,14-20,22-23,25,31,38H,1,4-6,9-10,12-13,21H2,2H3/b8-7+. The molecule has 1 N–H and O–H groups in total. The first-order valence-corrected chi connectivity index (χ1v) is 13.9. The first kappa shape index (κ1) is 28.7. The van der Waals surface area contributed by atoms with Crippen LogP contribution in [-0.2, 0) is 0 Å². The molecule has 0 radical (unpaired) electrons. The first-order chi connectivity index (χ1) is 18.9. The molecule has 5 heteroatoms. The molecule has 4 rings (SSSR count). The first-order valence-electron chi connectivity index (χ1n) is 13.9. The Balaban J connectivity index is 1.36. The Labute approximate surface area is 229 Å². The van der Waals surface area contributed by atoms with Crippen molar-refractivity contribution in [3.8, 4) is 16.9 Å². The molecule has 0 aliphatic heterocycles. The number of aliphatic hydroxyl groups is 1. The SMILES string of the molecule is C=CCCOc1ccc(/C=C/C2CCC(c3ccc(-c4ccc(C(O)CCC)cc4)c(F)c3F)CC2)cc1F. The van der Waals surface area contributed by atoms with Gasteiger partial charge in [-0.2, -0.15) is 0 Å². The second-order valence-corrected chi connectivity index (χ2v) is 10.3. The van der Waals surface area contributed by atoms with Crippen LogP contribution < -0.4 is 4.74 Å². The lowest BCUT2D eigenvalue weighted by molar-refractivity contribution is 0.166. The van der Waals surface area contributed by atoms with Gasteiger partial charge in [0.25, 0.3) is 0 Å². The fourth-order valence-electron chi connectivity index (χ4n) is 5.29. The minimum Gasteiger partial charge on any atom is -0.490 e. The Morgan fingerprint density at radius 3 is 2.38 bits per heavy atom. The van der Waals surface area contributed by atoms with E-state index >= 15 is 8.78 Å². The normalized spacial score (nSPS) is 18.3. The second kappa shape index (κ2) is 13.7. The summed E-state index contributed by atoms with van der Waals surface area (Å²) in [6, 6.07) is 15.3. The highest BCUT2D eigenvalue weighted by atomic mass is 19.2. The van der Waals surface area contributed by atoms with Crippen LogP contribution in [-0.4, -0.2) is 11.7 Å². The summed E-state index contributed by atoms with van der Waals surface area (Å²) in [5.74, 6) is -1.48. The van der Waals surface area contributed by atoms with E-state index in [-0.39, 0.29) is 17.2 Å². The lowest BCUT2D eigenvalue weighted by Gasteiger charge is -2.27. The van der Waals surface area contributed by atoms with Crippen LogP contribution >= 0.6 is 0 Å². The highest BCUT2D eigenvalue weighted by Gasteiger charge is 2.26. The van der Waals surface area contributed by atoms with Gasteiger partial charge in [0, 0.05) is 5.56 Å². The van der Waals surface area contributed by atoms with Crippen LogP contribution in [0.15, 0.2) is 73.3 Å². The molecule has 0 heterocycles. The lowest BCUT2D eigenvalue weighted by atomic mass is 9.78. The molecule has 1 fully saturated rings. The Morgan fingerprint density at radius 1 is 0.974 bits per heavy atom. The van der Waals surface area contributed by atoms with E-state index in [0.717, 1.165) is 43.2 Å². The Morgan fingerprint density at radius 2 is 1.72 bits per heavy atom. The van der Waals surface area contributed by atoms with E-state index in [4.69, 9.17) is 4.74 Å². The minimum atomic E-state index is -0.824. The van der Waals surface area contributed by atoms with Gasteiger partial charge < -0.3 is 9.84 Å². The van der Waals surface area contributed by atoms with Crippen molar-refractivity contribution in [1.29, 1.82) is 0 Å². The molecule has 1 unspecified atom stereocenters. The zero-order valence-electron chi connectivity index (χ0n) is 22.5. The fourth-order valence-corrected chi connectivity index (χ4v) is 5.29. The van der Waals surface area contributed by atoms with Crippen LogP contribution in [0.4, 0.5) is 13.2 Å². The van der Waals surface area contributed by atoms with Crippen molar-refractivity contribution < 1.29 is 23.0 Å². The number of halogens is 3. The predicted octanol–water partition coefficient (Wildman–Crippen LogP) is 9.55. The molecule has 1 aliphatic carbocycles. The van der Waals surface area contributed by atoms with Crippen molar-refractivity contribution in [3.63, 3.8) is 0 Å². The number of hydrogen-bond acceptors (Lipinski definition) is 2. The summed E-state index contributed by atoms with van der Waals surface area (Å²) >= 11 is 0. The van der Waals surface area contributed by atoms with E-state index in [2.05, 4.69) is 12.7 Å². The molecule has 39 heavy (non-hydrogen) atoms. The second-order valence-electron chi connectivity index (χ2n) is 10.3. The molecule has 2 nitrogen and oxygen atoms in total. The topological polar surface area (TPSA) is 29.5 Å². The number of ether oxygens (including phenoxy) is 1. The third kappa shape index (κ3) is 7.21. The van der Waals surface area contributed by atoms with Gasteiger partial charge in [0.1, 0.15) is 0 Å². The zero-order chi connectivity index (χ0) is 27.8. The van der Waals surface area contributed by atoms with E-state index in [1.54, 1.807) is 48.5 Å². The Bertz CT molecular complexity index is 1270. The quantitative estimate of drug-likeness (QED) is 0.196. The number of allylic oxidation sites excluding steroid dienone is 1. The van der Waals surface area contributed by atoms with Crippen molar-refractivity contribution in [1.82, 2.24) is 0 Å². The van der Waals surface area contributed by atoms with Gasteiger partial charge in [-0.3, -0.25) is 0 Å². The van der Waals surface area contributed by atoms with Gasteiger partial charge in [-0.25, -0.2) is 13.2 Å². The molecule has 1 saturated carbocycles. The molecule has 1 aliphatic rings. The molecule has 0 spiro atoms. The lowest BCUT2D eigenvalue weighted by Crippen LogP contribution is -2.13. The summed E-state index contributed by atoms with van der Waals surface area (Å²) in [7, 11) is 0. The predicted molar refractivity (Wildman–Crippen MR) is 152 cm³/mol. The number of hydrogen-bond donors (Lipinski definition) is 1. The van der Waals surface area contributed by atoms with Gasteiger partial charge in [0.2, 0.25) is 0 Å². The van der Waals surface area contributed by atoms with E-state index in [1.807, 2.05) is 19.1 Å². The number of benzene rings is 3. The maximum Gasteiger partial charge on any atom is 0.166 e. The van der Waals surface area contributed by atoms with Crippen molar-refractivity contribution in [2.24, 2.45) is 5.92 Å². The summed E-state index contributed by atoms with van der Waals surface area (Å²) in [4.78, 5) is 0. The van der Waals surface area contributed by atoms with Crippen LogP contribution in [0.5, 0.6) is 5.75 Å². The van der Waals surface area contributed by atoms with Crippen LogP contribution in [0, 0.1) is 23.4 Å². The van der Waals surface area contributed by atoms with Crippen molar-refractivity contribution in [3.05, 3.63) is 107 Å². The Hall–Kier alpha value is -3.31. The highest BCUT2D eigenvalue weighted by molar-refractivity contribution is 5.65. The molecule has 206 valence electrons. The Kier molecular flexibility index (Phi) is 10.0. The molecule has 3 aromatic carbocycles. The van der Waals surface area contributed by atoms with Gasteiger partial charge in [-0.15, -0.1) is 6.58 Å². The van der Waals surface area contributed by atoms with Crippen LogP contribution in [0.2, 0.25) is 0 Å². The van der Waals surface area contributed by atoms with E-state index < -0.39 is 23.6 Å². The molecule has 0 bridgehead atoms. The monoisotopic (exact) mass is 534 g/mol. The van der Waals surface area contributed by atoms with Crippen molar-refractivity contribution in [2.45, 2.75) is 63.9 Å². The minimum absolute atomic E-state index is 0.0331. The molecular weight excluding hydrogens is 497 g/mol. The molecule has 0 amide bonds. The summed E-state index contributed by atoms with van der Waals surface area (Å²) in [6.07, 6.45) is 10.6. The average Bonchev–Trinajstić information content (AvgIpc) is 2.95. The summed E-state index contributed by atoms with van der Waals surface area (Å²) in [6.45, 7) is 6.03. The zero-order valence-corrected chi connectivity index (χ0v) is 22.5. The van der Waals surface area contributed by atoms with E-state index in [9.17, 15) is 9.50 Å². The summed E-state index contributed by atoms with van der Waals surface area (Å²) < 4.78 is 50.1. The van der Waals surface area contributed by atoms with Gasteiger partial charge in [-0.1, -0.05) is 74.0 Å². The third-order valence-corrected chi connectivity index (χ3v) is 7.59. The summed E-state index contributed by atoms with van der Waals surface area (Å²) in [5.41, 5.74) is 2.80. The highest BCUT2D eigenvalue weighted by Crippen LogP contribution is 2.39. The maximum atomic E-state index is 15.2. The molecule has 0 saturated heterocycles. The molecule has 1 atom stereocenters. The average molecular weight is 535 g/mol. The van der Waals surface area contributed by atoms with E-state index in [1.165, 1.54) is 6.07 Å². The largest absolute Gasteiger partial charge is 0.490 e. The maximum absolute atomic E-state index is 15.2. The van der Waals surface area contributed by atoms with Crippen LogP contribution in [0.1, 0.15) is 80.6 Å². The number of rotatable bonds is 11. The van der Waals surface area contributed by atoms with Gasteiger partial charge >= 0.3 is 0 Å². The van der Waals surface area contributed by atoms with Crippen molar-refractivity contribution in [2.75, 3.05) is 6.61 Å². The van der Waals surface area contributed by atoms with Crippen LogP contribution in [0.3, 0.4) is 0 Å². The molecule has 0 aromatic heterocycles.